The molecule has 0 bridgehead atoms. The minimum atomic E-state index is -4.59. The Kier molecular flexibility index (Phi) is 3.83. The second kappa shape index (κ2) is 4.20. The SMILES string of the molecule is FC(F)(F)C=COC=CC(F)(F)F. The number of halogens is 6. The van der Waals surface area contributed by atoms with E-state index >= 15 is 0 Å². The summed E-state index contributed by atoms with van der Waals surface area (Å²) in [5, 5.41) is 0. The molecule has 0 aromatic carbocycles. The molecule has 1 nitrogen and oxygen atoms in total. The summed E-state index contributed by atoms with van der Waals surface area (Å²) in [7, 11) is 0. The quantitative estimate of drug-likeness (QED) is 0.498. The maximum atomic E-state index is 11.3. The van der Waals surface area contributed by atoms with E-state index in [1.165, 1.54) is 0 Å². The first-order valence-corrected chi connectivity index (χ1v) is 2.85. The van der Waals surface area contributed by atoms with Gasteiger partial charge in [-0.25, -0.2) is 0 Å². The highest BCUT2D eigenvalue weighted by Crippen LogP contribution is 2.17. The molecule has 7 heteroatoms. The molecule has 0 atom stereocenters. The average Bonchev–Trinajstić information content (AvgIpc) is 1.81. The van der Waals surface area contributed by atoms with Crippen LogP contribution in [-0.2, 0) is 4.74 Å². The minimum Gasteiger partial charge on any atom is -0.473 e. The molecule has 0 fully saturated rings. The molecule has 0 N–H and O–H groups in total. The van der Waals surface area contributed by atoms with Crippen molar-refractivity contribution in [1.29, 1.82) is 0 Å². The number of alkyl halides is 6. The first kappa shape index (κ1) is 11.9. The van der Waals surface area contributed by atoms with Gasteiger partial charge in [0.2, 0.25) is 0 Å². The normalized spacial score (nSPS) is 14.3. The van der Waals surface area contributed by atoms with Crippen molar-refractivity contribution in [3.8, 4) is 0 Å². The molecule has 0 radical (unpaired) electrons. The predicted molar refractivity (Wildman–Crippen MR) is 31.5 cm³/mol. The van der Waals surface area contributed by atoms with Gasteiger partial charge in [-0.05, 0) is 0 Å². The zero-order chi connectivity index (χ0) is 10.5. The van der Waals surface area contributed by atoms with Crippen molar-refractivity contribution in [2.75, 3.05) is 0 Å². The lowest BCUT2D eigenvalue weighted by molar-refractivity contribution is -0.0818. The molecular weight excluding hydrogens is 202 g/mol. The topological polar surface area (TPSA) is 9.23 Å². The monoisotopic (exact) mass is 206 g/mol. The molecule has 0 spiro atoms. The van der Waals surface area contributed by atoms with Crippen LogP contribution < -0.4 is 0 Å². The lowest BCUT2D eigenvalue weighted by Crippen LogP contribution is -2.01. The third-order valence-corrected chi connectivity index (χ3v) is 0.671. The van der Waals surface area contributed by atoms with Gasteiger partial charge in [0.25, 0.3) is 0 Å². The molecule has 0 rings (SSSR count). The number of allylic oxidation sites excluding steroid dienone is 2. The summed E-state index contributed by atoms with van der Waals surface area (Å²) in [5.74, 6) is 0. The van der Waals surface area contributed by atoms with Crippen LogP contribution in [0, 0.1) is 0 Å². The van der Waals surface area contributed by atoms with Crippen LogP contribution in [0.3, 0.4) is 0 Å². The van der Waals surface area contributed by atoms with E-state index in [0.717, 1.165) is 0 Å². The zero-order valence-electron chi connectivity index (χ0n) is 5.99. The smallest absolute Gasteiger partial charge is 0.412 e. The molecule has 76 valence electrons. The van der Waals surface area contributed by atoms with Crippen LogP contribution in [0.1, 0.15) is 0 Å². The molecule has 0 aromatic rings. The van der Waals surface area contributed by atoms with Crippen molar-refractivity contribution in [3.63, 3.8) is 0 Å². The number of hydrogen-bond donors (Lipinski definition) is 0. The second-order valence-corrected chi connectivity index (χ2v) is 1.82. The van der Waals surface area contributed by atoms with E-state index in [1.54, 1.807) is 0 Å². The molecule has 0 aromatic heterocycles. The van der Waals surface area contributed by atoms with E-state index in [1.807, 2.05) is 0 Å². The summed E-state index contributed by atoms with van der Waals surface area (Å²) in [5.41, 5.74) is 0. The summed E-state index contributed by atoms with van der Waals surface area (Å²) in [4.78, 5) is 0. The second-order valence-electron chi connectivity index (χ2n) is 1.82. The largest absolute Gasteiger partial charge is 0.473 e. The van der Waals surface area contributed by atoms with Gasteiger partial charge >= 0.3 is 12.4 Å². The molecule has 0 saturated carbocycles. The van der Waals surface area contributed by atoms with Crippen LogP contribution in [0.5, 0.6) is 0 Å². The summed E-state index contributed by atoms with van der Waals surface area (Å²) in [6.45, 7) is 0. The van der Waals surface area contributed by atoms with Gasteiger partial charge < -0.3 is 4.74 Å². The molecule has 13 heavy (non-hydrogen) atoms. The van der Waals surface area contributed by atoms with Crippen molar-refractivity contribution in [1.82, 2.24) is 0 Å². The van der Waals surface area contributed by atoms with Crippen molar-refractivity contribution in [3.05, 3.63) is 24.7 Å². The molecular formula is C6H4F6O. The van der Waals surface area contributed by atoms with Gasteiger partial charge in [0.1, 0.15) is 0 Å². The van der Waals surface area contributed by atoms with Crippen molar-refractivity contribution in [2.24, 2.45) is 0 Å². The van der Waals surface area contributed by atoms with Crippen molar-refractivity contribution < 1.29 is 31.1 Å². The summed E-state index contributed by atoms with van der Waals surface area (Å²) in [6, 6.07) is 0. The highest BCUT2D eigenvalue weighted by molar-refractivity contribution is 4.87. The van der Waals surface area contributed by atoms with Crippen LogP contribution in [0.2, 0.25) is 0 Å². The van der Waals surface area contributed by atoms with Gasteiger partial charge in [0, 0.05) is 0 Å². The van der Waals surface area contributed by atoms with E-state index in [-0.39, 0.29) is 24.7 Å². The first-order chi connectivity index (χ1) is 5.71. The molecule has 0 heterocycles. The fourth-order valence-electron chi connectivity index (χ4n) is 0.278. The first-order valence-electron chi connectivity index (χ1n) is 2.85. The highest BCUT2D eigenvalue weighted by atomic mass is 19.4. The Morgan fingerprint density at radius 3 is 1.23 bits per heavy atom. The van der Waals surface area contributed by atoms with Gasteiger partial charge in [0.15, 0.2) is 0 Å². The van der Waals surface area contributed by atoms with E-state index in [4.69, 9.17) is 0 Å². The van der Waals surface area contributed by atoms with Gasteiger partial charge in [0.05, 0.1) is 24.7 Å². The van der Waals surface area contributed by atoms with Crippen molar-refractivity contribution >= 4 is 0 Å². The fraction of sp³-hybridized carbons (Fsp3) is 0.333. The Balaban J connectivity index is 3.81. The maximum absolute atomic E-state index is 11.3. The Morgan fingerprint density at radius 2 is 1.00 bits per heavy atom. The van der Waals surface area contributed by atoms with Crippen LogP contribution >= 0.6 is 0 Å². The Labute approximate surface area is 69.3 Å². The molecule has 0 amide bonds. The van der Waals surface area contributed by atoms with Crippen LogP contribution in [-0.4, -0.2) is 12.4 Å². The van der Waals surface area contributed by atoms with E-state index in [0.29, 0.717) is 0 Å². The van der Waals surface area contributed by atoms with E-state index < -0.39 is 12.4 Å². The van der Waals surface area contributed by atoms with Crippen molar-refractivity contribution in [2.45, 2.75) is 12.4 Å². The standard InChI is InChI=1S/C6H4F6O/c7-5(8,9)1-3-13-4-2-6(10,11)12/h1-4H. The van der Waals surface area contributed by atoms with Gasteiger partial charge in [-0.15, -0.1) is 0 Å². The highest BCUT2D eigenvalue weighted by Gasteiger charge is 2.23. The molecule has 0 unspecified atom stereocenters. The third kappa shape index (κ3) is 10.9. The molecule has 0 aliphatic rings. The van der Waals surface area contributed by atoms with E-state index in [9.17, 15) is 26.3 Å². The lowest BCUT2D eigenvalue weighted by atomic mass is 10.6. The fourth-order valence-corrected chi connectivity index (χ4v) is 0.278. The Bertz CT molecular complexity index is 176. The maximum Gasteiger partial charge on any atom is 0.412 e. The number of ether oxygens (including phenoxy) is 1. The van der Waals surface area contributed by atoms with Crippen LogP contribution in [0.15, 0.2) is 24.7 Å². The minimum absolute atomic E-state index is 0.113. The summed E-state index contributed by atoms with van der Waals surface area (Å²) < 4.78 is 71.6. The third-order valence-electron chi connectivity index (χ3n) is 0.671. The number of rotatable bonds is 2. The average molecular weight is 206 g/mol. The van der Waals surface area contributed by atoms with Gasteiger partial charge in [-0.2, -0.15) is 26.3 Å². The lowest BCUT2D eigenvalue weighted by Gasteiger charge is -1.98. The summed E-state index contributed by atoms with van der Waals surface area (Å²) >= 11 is 0. The van der Waals surface area contributed by atoms with Crippen LogP contribution in [0.4, 0.5) is 26.3 Å². The molecule has 0 aliphatic heterocycles. The predicted octanol–water partition coefficient (Wildman–Crippen LogP) is 3.16. The Hall–Kier alpha value is -1.14. The Morgan fingerprint density at radius 1 is 0.692 bits per heavy atom. The number of hydrogen-bond acceptors (Lipinski definition) is 1. The van der Waals surface area contributed by atoms with Crippen LogP contribution in [0.25, 0.3) is 0 Å². The molecule has 0 saturated heterocycles. The van der Waals surface area contributed by atoms with Gasteiger partial charge in [-0.3, -0.25) is 0 Å². The summed E-state index contributed by atoms with van der Waals surface area (Å²) in [6.07, 6.45) is -9.61. The molecule has 0 aliphatic carbocycles. The van der Waals surface area contributed by atoms with Gasteiger partial charge in [-0.1, -0.05) is 0 Å². The van der Waals surface area contributed by atoms with E-state index in [2.05, 4.69) is 4.74 Å². The zero-order valence-corrected chi connectivity index (χ0v) is 5.99.